The van der Waals surface area contributed by atoms with Gasteiger partial charge < -0.3 is 9.47 Å². The summed E-state index contributed by atoms with van der Waals surface area (Å²) >= 11 is 1.57. The number of nitriles is 1. The molecule has 7 heteroatoms. The fourth-order valence-corrected chi connectivity index (χ4v) is 4.85. The second-order valence-electron chi connectivity index (χ2n) is 7.40. The molecule has 0 N–H and O–H groups in total. The van der Waals surface area contributed by atoms with Crippen molar-refractivity contribution in [1.29, 1.82) is 5.26 Å². The van der Waals surface area contributed by atoms with E-state index in [0.29, 0.717) is 16.3 Å². The third-order valence-electron chi connectivity index (χ3n) is 5.29. The van der Waals surface area contributed by atoms with Crippen LogP contribution in [-0.2, 0) is 29.0 Å². The summed E-state index contributed by atoms with van der Waals surface area (Å²) in [6.45, 7) is 2.46. The normalized spacial score (nSPS) is 13.5. The van der Waals surface area contributed by atoms with Gasteiger partial charge in [-0.1, -0.05) is 42.5 Å². The molecule has 0 spiro atoms. The van der Waals surface area contributed by atoms with Crippen molar-refractivity contribution in [3.8, 4) is 11.8 Å². The van der Waals surface area contributed by atoms with Crippen LogP contribution in [0.15, 0.2) is 59.6 Å². The highest BCUT2D eigenvalue weighted by atomic mass is 32.1. The first kappa shape index (κ1) is 21.8. The van der Waals surface area contributed by atoms with Crippen LogP contribution in [0.5, 0.6) is 5.75 Å². The summed E-state index contributed by atoms with van der Waals surface area (Å²) in [6.07, 6.45) is 2.53. The smallest absolute Gasteiger partial charge is 0.343 e. The second-order valence-corrected chi connectivity index (χ2v) is 8.49. The average Bonchev–Trinajstić information content (AvgIpc) is 3.19. The topological polar surface area (TPSA) is 74.9 Å². The van der Waals surface area contributed by atoms with Crippen molar-refractivity contribution < 1.29 is 14.3 Å². The predicted octanol–water partition coefficient (Wildman–Crippen LogP) is 4.48. The molecule has 3 aromatic rings. The van der Waals surface area contributed by atoms with Gasteiger partial charge in [-0.15, -0.1) is 11.3 Å². The van der Waals surface area contributed by atoms with E-state index in [-0.39, 0.29) is 6.61 Å². The molecule has 0 atom stereocenters. The third-order valence-corrected chi connectivity index (χ3v) is 6.42. The maximum absolute atomic E-state index is 11.4. The number of ether oxygens (including phenoxy) is 2. The lowest BCUT2D eigenvalue weighted by molar-refractivity contribution is -0.142. The molecule has 1 aromatic heterocycles. The highest BCUT2D eigenvalue weighted by Gasteiger charge is 2.24. The van der Waals surface area contributed by atoms with Gasteiger partial charge in [0.05, 0.1) is 12.7 Å². The minimum Gasteiger partial charge on any atom is -0.481 e. The van der Waals surface area contributed by atoms with Gasteiger partial charge in [0.25, 0.3) is 0 Å². The molecule has 6 nitrogen and oxygen atoms in total. The predicted molar refractivity (Wildman–Crippen MR) is 125 cm³/mol. The molecular formula is C25H23N3O3S. The zero-order valence-electron chi connectivity index (χ0n) is 17.8. The van der Waals surface area contributed by atoms with E-state index in [1.165, 1.54) is 17.6 Å². The first-order valence-corrected chi connectivity index (χ1v) is 11.1. The number of esters is 1. The number of fused-ring (bicyclic) bond motifs is 1. The zero-order valence-corrected chi connectivity index (χ0v) is 18.6. The molecule has 0 fully saturated rings. The van der Waals surface area contributed by atoms with Crippen molar-refractivity contribution in [2.45, 2.75) is 19.5 Å². The summed E-state index contributed by atoms with van der Waals surface area (Å²) in [7, 11) is 1.32. The molecule has 0 amide bonds. The van der Waals surface area contributed by atoms with E-state index < -0.39 is 5.97 Å². The van der Waals surface area contributed by atoms with Crippen molar-refractivity contribution >= 4 is 28.5 Å². The molecular weight excluding hydrogens is 422 g/mol. The van der Waals surface area contributed by atoms with Crippen molar-refractivity contribution in [2.75, 3.05) is 20.3 Å². The van der Waals surface area contributed by atoms with Gasteiger partial charge in [-0.2, -0.15) is 5.26 Å². The summed E-state index contributed by atoms with van der Waals surface area (Å²) in [4.78, 5) is 19.6. The van der Waals surface area contributed by atoms with Crippen molar-refractivity contribution in [2.24, 2.45) is 4.99 Å². The van der Waals surface area contributed by atoms with E-state index in [1.54, 1.807) is 23.6 Å². The van der Waals surface area contributed by atoms with Gasteiger partial charge in [-0.25, -0.2) is 9.79 Å². The van der Waals surface area contributed by atoms with E-state index in [0.717, 1.165) is 37.2 Å². The van der Waals surface area contributed by atoms with Crippen LogP contribution in [0, 0.1) is 11.3 Å². The molecule has 0 saturated carbocycles. The Morgan fingerprint density at radius 1 is 1.22 bits per heavy atom. The largest absolute Gasteiger partial charge is 0.481 e. The van der Waals surface area contributed by atoms with Crippen molar-refractivity contribution in [1.82, 2.24) is 4.90 Å². The molecule has 0 radical (unpaired) electrons. The van der Waals surface area contributed by atoms with Crippen LogP contribution >= 0.6 is 11.3 Å². The maximum atomic E-state index is 11.4. The fourth-order valence-electron chi connectivity index (χ4n) is 3.67. The molecule has 2 heterocycles. The molecule has 1 aliphatic heterocycles. The van der Waals surface area contributed by atoms with Crippen LogP contribution in [0.2, 0.25) is 0 Å². The Labute approximate surface area is 191 Å². The van der Waals surface area contributed by atoms with Gasteiger partial charge in [-0.05, 0) is 29.7 Å². The Balaban J connectivity index is 1.52. The molecule has 2 aromatic carbocycles. The number of thiophene rings is 1. The molecule has 0 aliphatic carbocycles. The Hall–Kier alpha value is -3.47. The Morgan fingerprint density at radius 3 is 2.78 bits per heavy atom. The number of rotatable bonds is 7. The van der Waals surface area contributed by atoms with Gasteiger partial charge in [0.1, 0.15) is 16.8 Å². The van der Waals surface area contributed by atoms with Crippen LogP contribution in [0.3, 0.4) is 0 Å². The monoisotopic (exact) mass is 445 g/mol. The third kappa shape index (κ3) is 5.05. The Bertz CT molecular complexity index is 1160. The highest BCUT2D eigenvalue weighted by molar-refractivity contribution is 7.16. The van der Waals surface area contributed by atoms with Crippen LogP contribution in [0.25, 0.3) is 0 Å². The first-order chi connectivity index (χ1) is 15.7. The number of carbonyl (C=O) groups is 1. The lowest BCUT2D eigenvalue weighted by Crippen LogP contribution is -2.29. The van der Waals surface area contributed by atoms with Crippen LogP contribution in [0.1, 0.15) is 27.1 Å². The van der Waals surface area contributed by atoms with Crippen LogP contribution in [0.4, 0.5) is 5.00 Å². The number of carbonyl (C=O) groups excluding carboxylic acids is 1. The van der Waals surface area contributed by atoms with E-state index in [2.05, 4.69) is 45.0 Å². The molecule has 0 bridgehead atoms. The minimum absolute atomic E-state index is 0.171. The number of benzene rings is 2. The van der Waals surface area contributed by atoms with E-state index in [1.807, 2.05) is 24.3 Å². The van der Waals surface area contributed by atoms with Crippen molar-refractivity contribution in [3.63, 3.8) is 0 Å². The van der Waals surface area contributed by atoms with Gasteiger partial charge >= 0.3 is 5.97 Å². The molecule has 162 valence electrons. The summed E-state index contributed by atoms with van der Waals surface area (Å²) in [5, 5.41) is 10.5. The van der Waals surface area contributed by atoms with E-state index in [4.69, 9.17) is 4.74 Å². The number of methoxy groups -OCH3 is 1. The lowest BCUT2D eigenvalue weighted by Gasteiger charge is -2.26. The summed E-state index contributed by atoms with van der Waals surface area (Å²) in [5.41, 5.74) is 3.80. The SMILES string of the molecule is COC(=O)COc1ccccc1C=Nc1sc2c(c1C#N)CCN(Cc1ccccc1)C2. The lowest BCUT2D eigenvalue weighted by atomic mass is 10.0. The number of nitrogens with zero attached hydrogens (tertiary/aromatic N) is 3. The number of para-hydroxylation sites is 1. The molecule has 0 saturated heterocycles. The van der Waals surface area contributed by atoms with Gasteiger partial charge in [-0.3, -0.25) is 4.90 Å². The summed E-state index contributed by atoms with van der Waals surface area (Å²) in [6, 6.07) is 20.1. The van der Waals surface area contributed by atoms with Gasteiger partial charge in [0.2, 0.25) is 0 Å². The number of hydrogen-bond acceptors (Lipinski definition) is 7. The molecule has 0 unspecified atom stereocenters. The molecule has 32 heavy (non-hydrogen) atoms. The van der Waals surface area contributed by atoms with E-state index in [9.17, 15) is 10.1 Å². The summed E-state index contributed by atoms with van der Waals surface area (Å²) in [5.74, 6) is 0.0880. The average molecular weight is 446 g/mol. The zero-order chi connectivity index (χ0) is 22.3. The van der Waals surface area contributed by atoms with Gasteiger partial charge in [0.15, 0.2) is 6.61 Å². The highest BCUT2D eigenvalue weighted by Crippen LogP contribution is 2.38. The Kier molecular flexibility index (Phi) is 6.95. The molecule has 4 rings (SSSR count). The van der Waals surface area contributed by atoms with Gasteiger partial charge in [0, 0.05) is 36.3 Å². The fraction of sp³-hybridized carbons (Fsp3) is 0.240. The summed E-state index contributed by atoms with van der Waals surface area (Å²) < 4.78 is 10.2. The van der Waals surface area contributed by atoms with Crippen molar-refractivity contribution in [3.05, 3.63) is 81.7 Å². The minimum atomic E-state index is -0.450. The quantitative estimate of drug-likeness (QED) is 0.396. The number of aliphatic imine (C=N–C) groups is 1. The second kappa shape index (κ2) is 10.2. The van der Waals surface area contributed by atoms with Crippen LogP contribution < -0.4 is 4.74 Å². The number of hydrogen-bond donors (Lipinski definition) is 0. The standard InChI is InChI=1S/C25H23N3O3S/c1-30-24(29)17-31-22-10-6-5-9-19(22)14-27-25-21(13-26)20-11-12-28(16-23(20)32-25)15-18-7-3-2-4-8-18/h2-10,14H,11-12,15-17H2,1H3. The van der Waals surface area contributed by atoms with E-state index >= 15 is 0 Å². The maximum Gasteiger partial charge on any atom is 0.343 e. The molecule has 1 aliphatic rings. The van der Waals surface area contributed by atoms with Crippen LogP contribution in [-0.4, -0.2) is 37.3 Å². The first-order valence-electron chi connectivity index (χ1n) is 10.3. The Morgan fingerprint density at radius 2 is 2.00 bits per heavy atom.